The van der Waals surface area contributed by atoms with Gasteiger partial charge in [-0.25, -0.2) is 4.98 Å². The molecule has 3 aromatic heterocycles. The van der Waals surface area contributed by atoms with Gasteiger partial charge in [-0.2, -0.15) is 0 Å². The minimum atomic E-state index is -1.84. The van der Waals surface area contributed by atoms with Crippen LogP contribution in [0.3, 0.4) is 0 Å². The van der Waals surface area contributed by atoms with Crippen molar-refractivity contribution in [3.8, 4) is 5.75 Å². The normalized spacial score (nSPS) is 25.0. The lowest BCUT2D eigenvalue weighted by molar-refractivity contribution is -0.149. The van der Waals surface area contributed by atoms with Gasteiger partial charge >= 0.3 is 5.97 Å². The van der Waals surface area contributed by atoms with E-state index in [0.717, 1.165) is 26.5 Å². The number of carbonyl (C=O) groups excluding carboxylic acids is 16. The van der Waals surface area contributed by atoms with Crippen molar-refractivity contribution in [3.05, 3.63) is 120 Å². The number of nitrogens with zero attached hydrogens (tertiary/aromatic N) is 6. The molecule has 6 aromatic rings. The number of hydrogen-bond donors (Lipinski definition) is 19. The van der Waals surface area contributed by atoms with E-state index in [1.54, 1.807) is 74.8 Å². The number of fused-ring (bicyclic) bond motifs is 4. The van der Waals surface area contributed by atoms with Gasteiger partial charge in [-0.1, -0.05) is 102 Å². The van der Waals surface area contributed by atoms with E-state index in [4.69, 9.17) is 11.5 Å². The summed E-state index contributed by atoms with van der Waals surface area (Å²) in [7, 11) is 3.95. The number of unbranched alkanes of at least 4 members (excludes halogenated alkanes) is 2. The molecule has 6 heterocycles. The molecule has 9 rings (SSSR count). The van der Waals surface area contributed by atoms with Crippen LogP contribution in [-0.2, 0) is 107 Å². The van der Waals surface area contributed by atoms with Crippen LogP contribution in [-0.4, -0.2) is 321 Å². The van der Waals surface area contributed by atoms with Crippen molar-refractivity contribution < 1.29 is 102 Å². The summed E-state index contributed by atoms with van der Waals surface area (Å²) in [6.07, 6.45) is 3.64. The molecule has 722 valence electrons. The standard InChI is InChI=1S/C90H125N21O21S/c1-9-11-24-69-82(124)104-67(45-112)81(123)105-68(78(120)96-43-73(92)115)46-133-47-74(116)98-65(35-51-28-30-55(113)31-29-51)86(128)107(6)50(5)77(119)99-62(32-33-91)88(130)110-34-18-26-70(110)83(125)102-64(38-54-42-93-48-97-54)79(121)100-61(23-17-27-75(117)118)89(131)111-44-56(114)39-72(111)84(126)101-63(36-52-40-94-59-21-15-13-19-57(52)59)80(122)106-76(49(3)4)85(127)103-66(37-53-41-95-60-22-16-14-20-58(53)60)87(129)109(8)71(25-12-10-2)90(132)108(69)7/h13-16,19-22,28-31,40-42,48-50,56,61-72,76,94-95,112-114H,9-12,17-18,23-27,32-39,43-47,91H2,1-8H3,(H2,92,115)(H,93,97)(H,96,120)(H,98,116)(H,99,119)(H,100,121)(H,101,126)(H,102,125)(H,103,127)(H,104,124)(H,105,123)(H,106,122)(H,117,118)/t50-,56+,61-,62-,63-,64-,65-,66-,67-,68-,69-,70-,71-,72-,76-/m0/s1. The SMILES string of the molecule is CCCC[C@H]1C(=O)N(C)[C@@H](CCCC)C(=O)N[C@@H](CO)C(=O)N[C@H](C(=O)NCC(N)=O)CSCC(=O)N[C@@H](Cc2ccc(O)cc2)C(=O)N(C)[C@@H](C)C(=O)N[C@@H](CCN)C(=O)N2CCC[C@H]2C(=O)N[C@@H](Cc2c[nH]cn2)C(=O)N[C@@H](CCCC(=O)O)C(=O)N2C[C@H](O)C[C@H]2C(=O)N[C@@H](Cc2c[nH]c3ccccc23)C(=O)N[C@@H](C(C)C)C(=O)N[C@@H](Cc2c[nH]c3ccccc23)C(=O)N1C. The Balaban J connectivity index is 1.09. The van der Waals surface area contributed by atoms with Gasteiger partial charge in [0.2, 0.25) is 94.5 Å². The Labute approximate surface area is 773 Å². The molecule has 3 fully saturated rings. The molecule has 15 atom stereocenters. The number of aromatic amines is 3. The number of primary amides is 1. The lowest BCUT2D eigenvalue weighted by Crippen LogP contribution is -2.62. The van der Waals surface area contributed by atoms with E-state index in [1.807, 2.05) is 13.8 Å². The zero-order chi connectivity index (χ0) is 97.0. The predicted octanol–water partition coefficient (Wildman–Crippen LogP) is -1.85. The Hall–Kier alpha value is -13.0. The number of phenolic OH excluding ortho intramolecular Hbond substituents is 1. The summed E-state index contributed by atoms with van der Waals surface area (Å²) in [5.41, 5.74) is 14.5. The minimum absolute atomic E-state index is 0.00678. The molecule has 133 heavy (non-hydrogen) atoms. The fraction of sp³-hybridized carbons (Fsp3) is 0.533. The Morgan fingerprint density at radius 1 is 0.564 bits per heavy atom. The molecule has 0 saturated carbocycles. The molecule has 0 spiro atoms. The number of phenols is 1. The highest BCUT2D eigenvalue weighted by atomic mass is 32.2. The van der Waals surface area contributed by atoms with Crippen molar-refractivity contribution in [3.63, 3.8) is 0 Å². The van der Waals surface area contributed by atoms with Crippen LogP contribution in [0.4, 0.5) is 0 Å². The summed E-state index contributed by atoms with van der Waals surface area (Å²) in [6.45, 7) is 5.67. The minimum Gasteiger partial charge on any atom is -0.508 e. The molecule has 3 aliphatic rings. The third-order valence-electron chi connectivity index (χ3n) is 24.2. The number of aliphatic hydroxyl groups is 2. The average Bonchev–Trinajstić information content (AvgIpc) is 1.73. The van der Waals surface area contributed by atoms with Crippen molar-refractivity contribution in [2.45, 2.75) is 234 Å². The average molecular weight is 1870 g/mol. The fourth-order valence-corrected chi connectivity index (χ4v) is 17.4. The maximum absolute atomic E-state index is 15.8. The number of carboxylic acid groups (broad SMARTS) is 1. The number of aliphatic hydroxyl groups excluding tert-OH is 2. The second-order valence-corrected chi connectivity index (χ2v) is 35.2. The van der Waals surface area contributed by atoms with Gasteiger partial charge < -0.3 is 125 Å². The third-order valence-corrected chi connectivity index (χ3v) is 25.2. The number of carbonyl (C=O) groups is 17. The van der Waals surface area contributed by atoms with Crippen LogP contribution in [0, 0.1) is 5.92 Å². The van der Waals surface area contributed by atoms with Crippen LogP contribution in [0.5, 0.6) is 5.75 Å². The van der Waals surface area contributed by atoms with Crippen LogP contribution in [0.25, 0.3) is 21.8 Å². The Morgan fingerprint density at radius 2 is 1.11 bits per heavy atom. The summed E-state index contributed by atoms with van der Waals surface area (Å²) in [5, 5.41) is 70.3. The number of hydrogen-bond acceptors (Lipinski definition) is 23. The molecule has 21 N–H and O–H groups in total. The van der Waals surface area contributed by atoms with E-state index in [-0.39, 0.29) is 95.2 Å². The van der Waals surface area contributed by atoms with Gasteiger partial charge in [0.1, 0.15) is 90.3 Å². The Kier molecular flexibility index (Phi) is 38.6. The Morgan fingerprint density at radius 3 is 1.71 bits per heavy atom. The van der Waals surface area contributed by atoms with Crippen LogP contribution >= 0.6 is 11.8 Å². The number of imidazole rings is 1. The van der Waals surface area contributed by atoms with Crippen LogP contribution in [0.2, 0.25) is 0 Å². The predicted molar refractivity (Wildman–Crippen MR) is 487 cm³/mol. The van der Waals surface area contributed by atoms with Crippen molar-refractivity contribution in [2.24, 2.45) is 17.4 Å². The first-order chi connectivity index (χ1) is 63.4. The maximum Gasteiger partial charge on any atom is 0.303 e. The first-order valence-corrected chi connectivity index (χ1v) is 45.9. The number of aromatic hydroxyl groups is 1. The van der Waals surface area contributed by atoms with Crippen molar-refractivity contribution in [1.29, 1.82) is 0 Å². The first-order valence-electron chi connectivity index (χ1n) is 44.8. The van der Waals surface area contributed by atoms with Gasteiger partial charge in [0, 0.05) is 119 Å². The molecule has 16 amide bonds. The fourth-order valence-electron chi connectivity index (χ4n) is 16.5. The van der Waals surface area contributed by atoms with Crippen LogP contribution in [0.15, 0.2) is 97.7 Å². The van der Waals surface area contributed by atoms with E-state index in [0.29, 0.717) is 64.2 Å². The number of rotatable bonds is 25. The highest BCUT2D eigenvalue weighted by Crippen LogP contribution is 2.28. The van der Waals surface area contributed by atoms with Gasteiger partial charge in [0.25, 0.3) is 0 Å². The van der Waals surface area contributed by atoms with Crippen LogP contribution in [0.1, 0.15) is 140 Å². The van der Waals surface area contributed by atoms with E-state index in [2.05, 4.69) is 73.1 Å². The number of thioether (sulfide) groups is 1. The van der Waals surface area contributed by atoms with Crippen molar-refractivity contribution >= 4 is 134 Å². The molecule has 0 bridgehead atoms. The van der Waals surface area contributed by atoms with E-state index >= 15 is 33.6 Å². The molecule has 3 aromatic carbocycles. The lowest BCUT2D eigenvalue weighted by atomic mass is 9.98. The zero-order valence-electron chi connectivity index (χ0n) is 75.9. The third kappa shape index (κ3) is 28.3. The molecule has 42 nitrogen and oxygen atoms in total. The van der Waals surface area contributed by atoms with Crippen LogP contribution < -0.4 is 64.6 Å². The highest BCUT2D eigenvalue weighted by molar-refractivity contribution is 8.00. The van der Waals surface area contributed by atoms with Gasteiger partial charge in [-0.05, 0) is 105 Å². The second-order valence-electron chi connectivity index (χ2n) is 34.2. The smallest absolute Gasteiger partial charge is 0.303 e. The topological polar surface area (TPSA) is 620 Å². The van der Waals surface area contributed by atoms with Crippen molar-refractivity contribution in [2.75, 3.05) is 65.4 Å². The largest absolute Gasteiger partial charge is 0.508 e. The quantitative estimate of drug-likeness (QED) is 0.0299. The molecule has 3 saturated heterocycles. The van der Waals surface area contributed by atoms with Gasteiger partial charge in [0.15, 0.2) is 0 Å². The number of benzene rings is 3. The number of aromatic nitrogens is 4. The molecule has 0 radical (unpaired) electrons. The number of amides is 16. The summed E-state index contributed by atoms with van der Waals surface area (Å²) < 4.78 is 0. The first kappa shape index (κ1) is 104. The molecule has 0 aliphatic carbocycles. The van der Waals surface area contributed by atoms with Gasteiger partial charge in [-0.3, -0.25) is 81.5 Å². The number of aliphatic carboxylic acids is 1. The van der Waals surface area contributed by atoms with Crippen molar-refractivity contribution in [1.82, 2.24) is 97.6 Å². The Bertz CT molecular complexity index is 5110. The second kappa shape index (κ2) is 49.5. The number of nitrogens with two attached hydrogens (primary N) is 2. The number of likely N-dealkylation sites (N-methyl/N-ethyl adjacent to an activating group) is 3. The lowest BCUT2D eigenvalue weighted by Gasteiger charge is -2.36. The highest BCUT2D eigenvalue weighted by Gasteiger charge is 2.47. The zero-order valence-corrected chi connectivity index (χ0v) is 76.7. The monoisotopic (exact) mass is 1870 g/mol. The van der Waals surface area contributed by atoms with Gasteiger partial charge in [-0.15, -0.1) is 11.8 Å². The van der Waals surface area contributed by atoms with E-state index < -0.39 is 241 Å². The number of nitrogens with one attached hydrogen (secondary N) is 13. The number of H-pyrrole nitrogens is 3. The molecular formula is C90H125N21O21S. The summed E-state index contributed by atoms with van der Waals surface area (Å²) in [4.78, 5) is 268. The summed E-state index contributed by atoms with van der Waals surface area (Å²) in [6, 6.07) is -1.60. The van der Waals surface area contributed by atoms with E-state index in [9.17, 15) is 68.4 Å². The summed E-state index contributed by atoms with van der Waals surface area (Å²) in [5.74, 6) is -17.9. The molecule has 3 aliphatic heterocycles. The van der Waals surface area contributed by atoms with E-state index in [1.165, 1.54) is 74.7 Å². The molecule has 0 unspecified atom stereocenters. The van der Waals surface area contributed by atoms with Gasteiger partial charge in [0.05, 0.1) is 37.0 Å². The molecular weight excluding hydrogens is 1740 g/mol. The summed E-state index contributed by atoms with van der Waals surface area (Å²) >= 11 is 0.751. The number of para-hydroxylation sites is 2. The maximum atomic E-state index is 15.8. The number of carboxylic acids is 1. The molecule has 43 heteroatoms.